The van der Waals surface area contributed by atoms with Crippen LogP contribution in [0.3, 0.4) is 0 Å². The third-order valence-electron chi connectivity index (χ3n) is 5.43. The Hall–Kier alpha value is -3.85. The standard InChI is InChI=1S/C25H24N2O6S/c1-5-33-24(30)21-14(2)26-25-27(22(21)16-8-11-18(31-3)19(13-16)32-4)23(29)20(34-25)12-15-6-9-17(28)10-7-15/h6-13,22,28H,5H2,1-4H3. The summed E-state index contributed by atoms with van der Waals surface area (Å²) in [5.41, 5.74) is 1.90. The van der Waals surface area contributed by atoms with Gasteiger partial charge in [-0.2, -0.15) is 0 Å². The van der Waals surface area contributed by atoms with Crippen LogP contribution in [0.1, 0.15) is 31.0 Å². The number of rotatable bonds is 6. The monoisotopic (exact) mass is 480 g/mol. The highest BCUT2D eigenvalue weighted by atomic mass is 32.1. The first-order valence-electron chi connectivity index (χ1n) is 10.6. The van der Waals surface area contributed by atoms with Gasteiger partial charge in [0.25, 0.3) is 5.56 Å². The van der Waals surface area contributed by atoms with Gasteiger partial charge in [0.15, 0.2) is 16.3 Å². The van der Waals surface area contributed by atoms with Gasteiger partial charge in [0.2, 0.25) is 0 Å². The SMILES string of the molecule is CCOC(=O)C1=C(C)N=c2sc(=Cc3ccc(O)cc3)c(=O)n2C1c1ccc(OC)c(OC)c1. The molecule has 0 amide bonds. The molecule has 1 unspecified atom stereocenters. The highest BCUT2D eigenvalue weighted by Crippen LogP contribution is 2.36. The second kappa shape index (κ2) is 9.56. The molecule has 34 heavy (non-hydrogen) atoms. The molecule has 1 aliphatic rings. The number of ether oxygens (including phenoxy) is 3. The molecule has 2 heterocycles. The van der Waals surface area contributed by atoms with Gasteiger partial charge >= 0.3 is 5.97 Å². The van der Waals surface area contributed by atoms with E-state index in [0.29, 0.717) is 32.1 Å². The number of aromatic nitrogens is 1. The minimum atomic E-state index is -0.753. The Morgan fingerprint density at radius 2 is 1.85 bits per heavy atom. The van der Waals surface area contributed by atoms with E-state index >= 15 is 0 Å². The summed E-state index contributed by atoms with van der Waals surface area (Å²) >= 11 is 1.23. The number of esters is 1. The number of phenolic OH excluding ortho intramolecular Hbond substituents is 1. The van der Waals surface area contributed by atoms with E-state index in [4.69, 9.17) is 14.2 Å². The summed E-state index contributed by atoms with van der Waals surface area (Å²) < 4.78 is 18.1. The molecule has 9 heteroatoms. The summed E-state index contributed by atoms with van der Waals surface area (Å²) in [4.78, 5) is 31.6. The van der Waals surface area contributed by atoms with Crippen molar-refractivity contribution in [1.29, 1.82) is 0 Å². The Labute approximate surface area is 199 Å². The predicted molar refractivity (Wildman–Crippen MR) is 128 cm³/mol. The first-order chi connectivity index (χ1) is 16.4. The zero-order chi connectivity index (χ0) is 24.4. The number of carbonyl (C=O) groups excluding carboxylic acids is 1. The molecule has 1 N–H and O–H groups in total. The summed E-state index contributed by atoms with van der Waals surface area (Å²) in [5.74, 6) is 0.617. The highest BCUT2D eigenvalue weighted by Gasteiger charge is 2.33. The van der Waals surface area contributed by atoms with Crippen molar-refractivity contribution in [3.05, 3.63) is 84.5 Å². The van der Waals surface area contributed by atoms with Crippen LogP contribution in [0.5, 0.6) is 17.2 Å². The van der Waals surface area contributed by atoms with Crippen LogP contribution in [-0.2, 0) is 9.53 Å². The third kappa shape index (κ3) is 4.22. The molecule has 0 aliphatic carbocycles. The van der Waals surface area contributed by atoms with Gasteiger partial charge < -0.3 is 19.3 Å². The molecule has 3 aromatic rings. The van der Waals surface area contributed by atoms with Crippen molar-refractivity contribution in [2.75, 3.05) is 20.8 Å². The molecule has 2 aromatic carbocycles. The van der Waals surface area contributed by atoms with Crippen LogP contribution in [0, 0.1) is 0 Å². The summed E-state index contributed by atoms with van der Waals surface area (Å²) in [5, 5.41) is 9.54. The quantitative estimate of drug-likeness (QED) is 0.545. The molecule has 0 saturated heterocycles. The minimum Gasteiger partial charge on any atom is -0.508 e. The molecule has 0 fully saturated rings. The first-order valence-corrected chi connectivity index (χ1v) is 11.4. The lowest BCUT2D eigenvalue weighted by Gasteiger charge is -2.25. The smallest absolute Gasteiger partial charge is 0.338 e. The molecule has 8 nitrogen and oxygen atoms in total. The van der Waals surface area contributed by atoms with Crippen molar-refractivity contribution in [2.45, 2.75) is 19.9 Å². The molecule has 0 bridgehead atoms. The number of allylic oxidation sites excluding steroid dienone is 1. The summed E-state index contributed by atoms with van der Waals surface area (Å²) in [6, 6.07) is 11.1. The van der Waals surface area contributed by atoms with Gasteiger partial charge in [-0.25, -0.2) is 9.79 Å². The lowest BCUT2D eigenvalue weighted by Crippen LogP contribution is -2.39. The first kappa shape index (κ1) is 23.3. The predicted octanol–water partition coefficient (Wildman–Crippen LogP) is 2.52. The van der Waals surface area contributed by atoms with Crippen molar-refractivity contribution < 1.29 is 24.1 Å². The van der Waals surface area contributed by atoms with Gasteiger partial charge in [0, 0.05) is 0 Å². The van der Waals surface area contributed by atoms with Crippen LogP contribution in [0.4, 0.5) is 0 Å². The molecular formula is C25H24N2O6S. The number of hydrogen-bond donors (Lipinski definition) is 1. The largest absolute Gasteiger partial charge is 0.508 e. The Morgan fingerprint density at radius 1 is 1.15 bits per heavy atom. The Bertz CT molecular complexity index is 1450. The fourth-order valence-electron chi connectivity index (χ4n) is 3.85. The van der Waals surface area contributed by atoms with E-state index < -0.39 is 12.0 Å². The van der Waals surface area contributed by atoms with Crippen LogP contribution < -0.4 is 24.4 Å². The Balaban J connectivity index is 1.96. The molecule has 4 rings (SSSR count). The van der Waals surface area contributed by atoms with Crippen LogP contribution in [0.15, 0.2) is 63.5 Å². The summed E-state index contributed by atoms with van der Waals surface area (Å²) in [6.45, 7) is 3.66. The van der Waals surface area contributed by atoms with Crippen LogP contribution in [0.25, 0.3) is 6.08 Å². The molecule has 1 aliphatic heterocycles. The van der Waals surface area contributed by atoms with E-state index in [-0.39, 0.29) is 23.5 Å². The fourth-order valence-corrected chi connectivity index (χ4v) is 4.90. The van der Waals surface area contributed by atoms with Crippen molar-refractivity contribution >= 4 is 23.4 Å². The van der Waals surface area contributed by atoms with E-state index in [2.05, 4.69) is 4.99 Å². The highest BCUT2D eigenvalue weighted by molar-refractivity contribution is 7.07. The van der Waals surface area contributed by atoms with Gasteiger partial charge in [-0.3, -0.25) is 9.36 Å². The number of aromatic hydroxyl groups is 1. The van der Waals surface area contributed by atoms with Gasteiger partial charge in [-0.05, 0) is 55.3 Å². The molecule has 1 atom stereocenters. The maximum Gasteiger partial charge on any atom is 0.338 e. The lowest BCUT2D eigenvalue weighted by atomic mass is 9.95. The van der Waals surface area contributed by atoms with Gasteiger partial charge in [0.1, 0.15) is 5.75 Å². The number of hydrogen-bond acceptors (Lipinski definition) is 8. The van der Waals surface area contributed by atoms with Crippen LogP contribution in [-0.4, -0.2) is 36.5 Å². The Morgan fingerprint density at radius 3 is 2.50 bits per heavy atom. The number of nitrogens with zero attached hydrogens (tertiary/aromatic N) is 2. The zero-order valence-electron chi connectivity index (χ0n) is 19.2. The van der Waals surface area contributed by atoms with Gasteiger partial charge in [0.05, 0.1) is 42.7 Å². The van der Waals surface area contributed by atoms with Crippen molar-refractivity contribution in [3.63, 3.8) is 0 Å². The second-order valence-corrected chi connectivity index (χ2v) is 8.52. The normalized spacial score (nSPS) is 15.5. The molecule has 1 aromatic heterocycles. The molecule has 176 valence electrons. The van der Waals surface area contributed by atoms with E-state index in [1.165, 1.54) is 30.1 Å². The molecule has 0 saturated carbocycles. The topological polar surface area (TPSA) is 99.4 Å². The zero-order valence-corrected chi connectivity index (χ0v) is 20.0. The second-order valence-electron chi connectivity index (χ2n) is 7.51. The molecule has 0 spiro atoms. The summed E-state index contributed by atoms with van der Waals surface area (Å²) in [6.07, 6.45) is 1.73. The maximum atomic E-state index is 13.6. The maximum absolute atomic E-state index is 13.6. The van der Waals surface area contributed by atoms with E-state index in [0.717, 1.165) is 5.56 Å². The number of benzene rings is 2. The third-order valence-corrected chi connectivity index (χ3v) is 6.41. The number of methoxy groups -OCH3 is 2. The molecule has 0 radical (unpaired) electrons. The number of phenols is 1. The van der Waals surface area contributed by atoms with Gasteiger partial charge in [-0.15, -0.1) is 0 Å². The average Bonchev–Trinajstić information content (AvgIpc) is 3.13. The van der Waals surface area contributed by atoms with Crippen LogP contribution in [0.2, 0.25) is 0 Å². The minimum absolute atomic E-state index is 0.141. The fraction of sp³-hybridized carbons (Fsp3) is 0.240. The van der Waals surface area contributed by atoms with Crippen molar-refractivity contribution in [2.24, 2.45) is 4.99 Å². The van der Waals surface area contributed by atoms with Crippen LogP contribution >= 0.6 is 11.3 Å². The lowest BCUT2D eigenvalue weighted by molar-refractivity contribution is -0.139. The average molecular weight is 481 g/mol. The van der Waals surface area contributed by atoms with E-state index in [1.54, 1.807) is 62.4 Å². The van der Waals surface area contributed by atoms with E-state index in [1.807, 2.05) is 0 Å². The van der Waals surface area contributed by atoms with E-state index in [9.17, 15) is 14.7 Å². The number of carbonyl (C=O) groups is 1. The van der Waals surface area contributed by atoms with Crippen molar-refractivity contribution in [3.8, 4) is 17.2 Å². The van der Waals surface area contributed by atoms with Crippen molar-refractivity contribution in [1.82, 2.24) is 4.57 Å². The van der Waals surface area contributed by atoms with Gasteiger partial charge in [-0.1, -0.05) is 29.5 Å². The number of thiazole rings is 1. The Kier molecular flexibility index (Phi) is 6.56. The summed E-state index contributed by atoms with van der Waals surface area (Å²) in [7, 11) is 3.07. The number of fused-ring (bicyclic) bond motifs is 1. The molecular weight excluding hydrogens is 456 g/mol.